The summed E-state index contributed by atoms with van der Waals surface area (Å²) in [5.74, 6) is 0. The molecule has 168 valence electrons. The molecule has 0 radical (unpaired) electrons. The Bertz CT molecular complexity index is 599. The molecule has 0 bridgehead atoms. The molecule has 1 aromatic carbocycles. The maximum absolute atomic E-state index is 10.9. The molecule has 3 nitrogen and oxygen atoms in total. The van der Waals surface area contributed by atoms with Crippen molar-refractivity contribution in [1.29, 1.82) is 0 Å². The van der Waals surface area contributed by atoms with E-state index in [2.05, 4.69) is 6.92 Å². The minimum absolute atomic E-state index is 0. The fraction of sp³-hybridized carbons (Fsp3) is 0.760. The topological polar surface area (TPSA) is 57.2 Å². The first kappa shape index (κ1) is 30.8. The van der Waals surface area contributed by atoms with E-state index in [-0.39, 0.29) is 56.3 Å². The second kappa shape index (κ2) is 20.4. The molecule has 0 saturated carbocycles. The summed E-state index contributed by atoms with van der Waals surface area (Å²) in [5, 5.41) is 0. The molecular formula is C25H43KO3S. The van der Waals surface area contributed by atoms with Crippen LogP contribution in [0.15, 0.2) is 29.2 Å². The largest absolute Gasteiger partial charge is 1.00 e. The van der Waals surface area contributed by atoms with Gasteiger partial charge in [-0.3, -0.25) is 0 Å². The summed E-state index contributed by atoms with van der Waals surface area (Å²) in [4.78, 5) is -0.136. The van der Waals surface area contributed by atoms with Gasteiger partial charge in [-0.05, 0) is 30.5 Å². The molecule has 5 heteroatoms. The van der Waals surface area contributed by atoms with Crippen molar-refractivity contribution in [2.75, 3.05) is 0 Å². The molecule has 0 amide bonds. The molecule has 0 spiro atoms. The van der Waals surface area contributed by atoms with Crippen LogP contribution in [-0.4, -0.2) is 13.0 Å². The molecule has 0 aliphatic carbocycles. The Labute approximate surface area is 229 Å². The van der Waals surface area contributed by atoms with Crippen LogP contribution in [0.1, 0.15) is 122 Å². The number of aryl methyl sites for hydroxylation is 1. The average molecular weight is 463 g/mol. The van der Waals surface area contributed by atoms with E-state index in [0.717, 1.165) is 18.4 Å². The van der Waals surface area contributed by atoms with Gasteiger partial charge < -0.3 is 4.55 Å². The average Bonchev–Trinajstić information content (AvgIpc) is 2.70. The van der Waals surface area contributed by atoms with Crippen LogP contribution < -0.4 is 51.4 Å². The van der Waals surface area contributed by atoms with E-state index in [4.69, 9.17) is 0 Å². The molecule has 30 heavy (non-hydrogen) atoms. The number of hydrogen-bond acceptors (Lipinski definition) is 3. The maximum atomic E-state index is 10.9. The molecule has 0 heterocycles. The third-order valence-corrected chi connectivity index (χ3v) is 6.63. The van der Waals surface area contributed by atoms with E-state index in [1.807, 2.05) is 0 Å². The number of unbranched alkanes of at least 4 members (excludes halogenated alkanes) is 16. The molecule has 0 fully saturated rings. The van der Waals surface area contributed by atoms with Gasteiger partial charge in [0.15, 0.2) is 0 Å². The predicted octanol–water partition coefficient (Wildman–Crippen LogP) is 4.79. The molecule has 0 aromatic heterocycles. The molecule has 0 unspecified atom stereocenters. The zero-order chi connectivity index (χ0) is 21.2. The van der Waals surface area contributed by atoms with Gasteiger partial charge >= 0.3 is 51.4 Å². The molecule has 0 atom stereocenters. The SMILES string of the molecule is CCCCCCCCCCCCCCCCCCCc1ccc(S(=O)(=O)[O-])cc1.[K+]. The van der Waals surface area contributed by atoms with Crippen LogP contribution in [0, 0.1) is 0 Å². The first-order chi connectivity index (χ1) is 14.0. The number of rotatable bonds is 19. The van der Waals surface area contributed by atoms with E-state index >= 15 is 0 Å². The van der Waals surface area contributed by atoms with Gasteiger partial charge in [0.2, 0.25) is 0 Å². The van der Waals surface area contributed by atoms with Crippen LogP contribution in [-0.2, 0) is 16.5 Å². The maximum Gasteiger partial charge on any atom is 1.00 e. The van der Waals surface area contributed by atoms with Gasteiger partial charge in [0.05, 0.1) is 4.90 Å². The van der Waals surface area contributed by atoms with Crippen molar-refractivity contribution in [3.63, 3.8) is 0 Å². The Morgan fingerprint density at radius 1 is 0.600 bits per heavy atom. The Kier molecular flexibility index (Phi) is 20.9. The summed E-state index contributed by atoms with van der Waals surface area (Å²) in [7, 11) is -4.32. The summed E-state index contributed by atoms with van der Waals surface area (Å²) < 4.78 is 32.7. The molecule has 1 aromatic rings. The summed E-state index contributed by atoms with van der Waals surface area (Å²) in [5.41, 5.74) is 1.11. The van der Waals surface area contributed by atoms with Gasteiger partial charge in [0.25, 0.3) is 0 Å². The van der Waals surface area contributed by atoms with Crippen LogP contribution in [0.2, 0.25) is 0 Å². The minimum atomic E-state index is -4.32. The number of hydrogen-bond donors (Lipinski definition) is 0. The van der Waals surface area contributed by atoms with E-state index in [0.29, 0.717) is 0 Å². The molecule has 0 aliphatic heterocycles. The zero-order valence-corrected chi connectivity index (χ0v) is 23.6. The monoisotopic (exact) mass is 462 g/mol. The van der Waals surface area contributed by atoms with E-state index in [1.54, 1.807) is 12.1 Å². The quantitative estimate of drug-likeness (QED) is 0.169. The predicted molar refractivity (Wildman–Crippen MR) is 122 cm³/mol. The van der Waals surface area contributed by atoms with Gasteiger partial charge in [-0.1, -0.05) is 122 Å². The van der Waals surface area contributed by atoms with Crippen LogP contribution in [0.5, 0.6) is 0 Å². The standard InChI is InChI=1S/C25H44O3S.K/c1-2-3-4-5-6-7-8-9-10-11-12-13-14-15-16-17-18-19-24-20-22-25(23-21-24)29(26,27)28;/h20-23H,2-19H2,1H3,(H,26,27,28);/q;+1/p-1. The first-order valence-electron chi connectivity index (χ1n) is 12.1. The fourth-order valence-electron chi connectivity index (χ4n) is 3.88. The Morgan fingerprint density at radius 2 is 0.933 bits per heavy atom. The Morgan fingerprint density at radius 3 is 1.27 bits per heavy atom. The molecule has 0 N–H and O–H groups in total. The summed E-state index contributed by atoms with van der Waals surface area (Å²) in [6.45, 7) is 2.28. The van der Waals surface area contributed by atoms with Crippen molar-refractivity contribution >= 4 is 10.1 Å². The van der Waals surface area contributed by atoms with Crippen LogP contribution in [0.25, 0.3) is 0 Å². The van der Waals surface area contributed by atoms with Crippen LogP contribution in [0.3, 0.4) is 0 Å². The third kappa shape index (κ3) is 17.3. The van der Waals surface area contributed by atoms with Crippen molar-refractivity contribution in [1.82, 2.24) is 0 Å². The zero-order valence-electron chi connectivity index (χ0n) is 19.7. The fourth-order valence-corrected chi connectivity index (χ4v) is 4.35. The summed E-state index contributed by atoms with van der Waals surface area (Å²) in [6.07, 6.45) is 24.2. The van der Waals surface area contributed by atoms with Crippen molar-refractivity contribution in [2.24, 2.45) is 0 Å². The Balaban J connectivity index is 0.00000841. The Hall–Kier alpha value is 0.766. The van der Waals surface area contributed by atoms with Crippen molar-refractivity contribution in [3.8, 4) is 0 Å². The molecular weight excluding hydrogens is 419 g/mol. The van der Waals surface area contributed by atoms with E-state index < -0.39 is 10.1 Å². The van der Waals surface area contributed by atoms with Gasteiger partial charge in [-0.15, -0.1) is 0 Å². The minimum Gasteiger partial charge on any atom is -0.744 e. The normalized spacial score (nSPS) is 11.4. The first-order valence-corrected chi connectivity index (χ1v) is 13.5. The van der Waals surface area contributed by atoms with Gasteiger partial charge in [-0.2, -0.15) is 0 Å². The van der Waals surface area contributed by atoms with Gasteiger partial charge in [-0.25, -0.2) is 8.42 Å². The van der Waals surface area contributed by atoms with Crippen molar-refractivity contribution in [2.45, 2.75) is 127 Å². The second-order valence-corrected chi connectivity index (χ2v) is 9.88. The summed E-state index contributed by atoms with van der Waals surface area (Å²) >= 11 is 0. The number of benzene rings is 1. The van der Waals surface area contributed by atoms with Crippen LogP contribution in [0.4, 0.5) is 0 Å². The van der Waals surface area contributed by atoms with Crippen molar-refractivity contribution < 1.29 is 64.4 Å². The van der Waals surface area contributed by atoms with Gasteiger partial charge in [0, 0.05) is 0 Å². The molecule has 0 aliphatic rings. The summed E-state index contributed by atoms with van der Waals surface area (Å²) in [6, 6.07) is 6.37. The van der Waals surface area contributed by atoms with E-state index in [9.17, 15) is 13.0 Å². The smallest absolute Gasteiger partial charge is 0.744 e. The second-order valence-electron chi connectivity index (χ2n) is 8.50. The van der Waals surface area contributed by atoms with Crippen molar-refractivity contribution in [3.05, 3.63) is 29.8 Å². The molecule has 0 saturated heterocycles. The molecule has 1 rings (SSSR count). The van der Waals surface area contributed by atoms with E-state index in [1.165, 1.54) is 115 Å². The third-order valence-electron chi connectivity index (χ3n) is 5.78. The van der Waals surface area contributed by atoms with Gasteiger partial charge in [0.1, 0.15) is 10.1 Å². The van der Waals surface area contributed by atoms with Crippen LogP contribution >= 0.6 is 0 Å².